The van der Waals surface area contributed by atoms with E-state index in [-0.39, 0.29) is 10.8 Å². The Morgan fingerprint density at radius 3 is 2.27 bits per heavy atom. The smallest absolute Gasteiger partial charge is 0.338 e. The highest BCUT2D eigenvalue weighted by Gasteiger charge is 2.27. The van der Waals surface area contributed by atoms with Crippen LogP contribution in [-0.4, -0.2) is 39.7 Å². The number of hydrogen-bond acceptors (Lipinski definition) is 7. The Kier molecular flexibility index (Phi) is 9.36. The van der Waals surface area contributed by atoms with Crippen molar-refractivity contribution in [2.45, 2.75) is 31.6 Å². The van der Waals surface area contributed by atoms with Crippen LogP contribution in [0.15, 0.2) is 105 Å². The second-order valence-corrected chi connectivity index (χ2v) is 11.2. The fourth-order valence-electron chi connectivity index (χ4n) is 3.96. The zero-order valence-electron chi connectivity index (χ0n) is 23.0. The maximum Gasteiger partial charge on any atom is 0.338 e. The number of esters is 1. The van der Waals surface area contributed by atoms with Crippen molar-refractivity contribution in [3.8, 4) is 11.3 Å². The van der Waals surface area contributed by atoms with Gasteiger partial charge < -0.3 is 9.15 Å². The molecule has 0 aliphatic rings. The van der Waals surface area contributed by atoms with Crippen molar-refractivity contribution in [3.63, 3.8) is 0 Å². The molecule has 3 aromatic carbocycles. The largest absolute Gasteiger partial charge is 0.462 e. The van der Waals surface area contributed by atoms with E-state index in [1.807, 2.05) is 26.0 Å². The molecule has 0 radical (unpaired) electrons. The predicted octanol–water partition coefficient (Wildman–Crippen LogP) is 5.59. The van der Waals surface area contributed by atoms with E-state index in [2.05, 4.69) is 10.5 Å². The Hall–Kier alpha value is -4.70. The van der Waals surface area contributed by atoms with Crippen LogP contribution in [0.2, 0.25) is 0 Å². The summed E-state index contributed by atoms with van der Waals surface area (Å²) in [6.07, 6.45) is 1.32. The number of amides is 1. The second-order valence-electron chi connectivity index (χ2n) is 9.36. The molecule has 0 aliphatic heterocycles. The van der Waals surface area contributed by atoms with E-state index >= 15 is 0 Å². The molecule has 0 fully saturated rings. The summed E-state index contributed by atoms with van der Waals surface area (Å²) >= 11 is 0. The van der Waals surface area contributed by atoms with Crippen LogP contribution in [0, 0.1) is 0 Å². The molecule has 9 nitrogen and oxygen atoms in total. The normalized spacial score (nSPS) is 11.5. The molecule has 1 aromatic heterocycles. The molecule has 41 heavy (non-hydrogen) atoms. The van der Waals surface area contributed by atoms with Crippen molar-refractivity contribution >= 4 is 33.8 Å². The van der Waals surface area contributed by atoms with Crippen molar-refractivity contribution in [1.82, 2.24) is 5.43 Å². The molecule has 4 rings (SSSR count). The van der Waals surface area contributed by atoms with Gasteiger partial charge in [-0.2, -0.15) is 5.10 Å². The summed E-state index contributed by atoms with van der Waals surface area (Å²) in [4.78, 5) is 24.8. The molecule has 10 heteroatoms. The second kappa shape index (κ2) is 13.1. The van der Waals surface area contributed by atoms with Gasteiger partial charge in [0.2, 0.25) is 0 Å². The first-order chi connectivity index (χ1) is 19.7. The van der Waals surface area contributed by atoms with E-state index in [0.717, 1.165) is 15.4 Å². The SMILES string of the molecule is CCOC(=O)c1ccc(-c2ccc(/C=N\NC(=O)CN(c3ccc(C(C)C)cc3)S(=O)(=O)c3ccccc3)o2)cc1. The quantitative estimate of drug-likeness (QED) is 0.142. The number of nitrogens with zero attached hydrogens (tertiary/aromatic N) is 2. The van der Waals surface area contributed by atoms with Crippen molar-refractivity contribution in [3.05, 3.63) is 108 Å². The number of anilines is 1. The molecule has 212 valence electrons. The van der Waals surface area contributed by atoms with Gasteiger partial charge in [-0.1, -0.05) is 56.3 Å². The number of sulfonamides is 1. The lowest BCUT2D eigenvalue weighted by molar-refractivity contribution is -0.119. The number of ether oxygens (including phenoxy) is 1. The van der Waals surface area contributed by atoms with Crippen molar-refractivity contribution < 1.29 is 27.2 Å². The number of hydrazone groups is 1. The standard InChI is InChI=1S/C31H31N3O6S/c1-4-39-31(36)25-12-10-24(11-13-25)29-19-18-27(40-29)20-32-33-30(35)21-34(26-16-14-23(15-17-26)22(2)3)41(37,38)28-8-6-5-7-9-28/h5-20,22H,4,21H2,1-3H3,(H,33,35)/b32-20-. The van der Waals surface area contributed by atoms with Gasteiger partial charge in [-0.05, 0) is 66.9 Å². The molecule has 0 aliphatic carbocycles. The Morgan fingerprint density at radius 1 is 0.951 bits per heavy atom. The maximum absolute atomic E-state index is 13.5. The van der Waals surface area contributed by atoms with E-state index < -0.39 is 28.4 Å². The van der Waals surface area contributed by atoms with Gasteiger partial charge in [0, 0.05) is 5.56 Å². The van der Waals surface area contributed by atoms with Crippen molar-refractivity contribution in [2.75, 3.05) is 17.5 Å². The summed E-state index contributed by atoms with van der Waals surface area (Å²) in [6, 6.07) is 25.2. The average Bonchev–Trinajstić information content (AvgIpc) is 3.45. The molecule has 4 aromatic rings. The molecule has 0 bridgehead atoms. The molecule has 1 heterocycles. The third-order valence-electron chi connectivity index (χ3n) is 6.15. The molecular weight excluding hydrogens is 542 g/mol. The topological polar surface area (TPSA) is 118 Å². The third-order valence-corrected chi connectivity index (χ3v) is 7.94. The lowest BCUT2D eigenvalue weighted by Gasteiger charge is -2.24. The lowest BCUT2D eigenvalue weighted by Crippen LogP contribution is -2.39. The van der Waals surface area contributed by atoms with Gasteiger partial charge in [0.05, 0.1) is 29.0 Å². The Morgan fingerprint density at radius 2 is 1.63 bits per heavy atom. The van der Waals surface area contributed by atoms with Crippen LogP contribution in [0.3, 0.4) is 0 Å². The van der Waals surface area contributed by atoms with Crippen LogP contribution in [-0.2, 0) is 19.6 Å². The number of hydrogen-bond donors (Lipinski definition) is 1. The first kappa shape index (κ1) is 29.3. The van der Waals surface area contributed by atoms with Crippen LogP contribution < -0.4 is 9.73 Å². The van der Waals surface area contributed by atoms with Gasteiger partial charge >= 0.3 is 5.97 Å². The van der Waals surface area contributed by atoms with Gasteiger partial charge in [-0.15, -0.1) is 0 Å². The van der Waals surface area contributed by atoms with Crippen molar-refractivity contribution in [1.29, 1.82) is 0 Å². The average molecular weight is 574 g/mol. The van der Waals surface area contributed by atoms with E-state index in [1.54, 1.807) is 73.7 Å². The number of benzene rings is 3. The number of carbonyl (C=O) groups excluding carboxylic acids is 2. The summed E-state index contributed by atoms with van der Waals surface area (Å²) in [6.45, 7) is 5.65. The molecule has 0 atom stereocenters. The summed E-state index contributed by atoms with van der Waals surface area (Å²) in [7, 11) is -4.03. The zero-order valence-corrected chi connectivity index (χ0v) is 23.8. The Bertz CT molecular complexity index is 1610. The van der Waals surface area contributed by atoms with Crippen LogP contribution >= 0.6 is 0 Å². The minimum atomic E-state index is -4.03. The van der Waals surface area contributed by atoms with E-state index in [9.17, 15) is 18.0 Å². The van der Waals surface area contributed by atoms with Crippen LogP contribution in [0.4, 0.5) is 5.69 Å². The van der Waals surface area contributed by atoms with Gasteiger partial charge in [-0.25, -0.2) is 18.6 Å². The van der Waals surface area contributed by atoms with Crippen LogP contribution in [0.1, 0.15) is 48.4 Å². The van der Waals surface area contributed by atoms with Gasteiger partial charge in [-0.3, -0.25) is 9.10 Å². The van der Waals surface area contributed by atoms with E-state index in [0.29, 0.717) is 29.4 Å². The molecular formula is C31H31N3O6S. The van der Waals surface area contributed by atoms with E-state index in [1.165, 1.54) is 18.3 Å². The predicted molar refractivity (Wildman–Crippen MR) is 157 cm³/mol. The highest BCUT2D eigenvalue weighted by molar-refractivity contribution is 7.92. The first-order valence-corrected chi connectivity index (χ1v) is 14.5. The first-order valence-electron chi connectivity index (χ1n) is 13.1. The van der Waals surface area contributed by atoms with Gasteiger partial charge in [0.1, 0.15) is 18.1 Å². The molecule has 1 amide bonds. The Labute approximate surface area is 239 Å². The molecule has 1 N–H and O–H groups in total. The highest BCUT2D eigenvalue weighted by Crippen LogP contribution is 2.26. The summed E-state index contributed by atoms with van der Waals surface area (Å²) in [5.41, 5.74) is 4.97. The summed E-state index contributed by atoms with van der Waals surface area (Å²) in [5, 5.41) is 3.94. The lowest BCUT2D eigenvalue weighted by atomic mass is 10.0. The van der Waals surface area contributed by atoms with Crippen LogP contribution in [0.25, 0.3) is 11.3 Å². The maximum atomic E-state index is 13.5. The van der Waals surface area contributed by atoms with Gasteiger partial charge in [0.25, 0.3) is 15.9 Å². The van der Waals surface area contributed by atoms with Crippen molar-refractivity contribution in [2.24, 2.45) is 5.10 Å². The number of carbonyl (C=O) groups is 2. The third kappa shape index (κ3) is 7.29. The zero-order chi connectivity index (χ0) is 29.4. The molecule has 0 saturated carbocycles. The van der Waals surface area contributed by atoms with Crippen LogP contribution in [0.5, 0.6) is 0 Å². The van der Waals surface area contributed by atoms with E-state index in [4.69, 9.17) is 9.15 Å². The summed E-state index contributed by atoms with van der Waals surface area (Å²) < 4.78 is 38.8. The fourth-order valence-corrected chi connectivity index (χ4v) is 5.40. The molecule has 0 spiro atoms. The number of nitrogens with one attached hydrogen (secondary N) is 1. The number of furan rings is 1. The monoisotopic (exact) mass is 573 g/mol. The highest BCUT2D eigenvalue weighted by atomic mass is 32.2. The molecule has 0 unspecified atom stereocenters. The molecule has 0 saturated heterocycles. The van der Waals surface area contributed by atoms with Gasteiger partial charge in [0.15, 0.2) is 0 Å². The number of rotatable bonds is 11. The Balaban J connectivity index is 1.46. The minimum absolute atomic E-state index is 0.0719. The fraction of sp³-hybridized carbons (Fsp3) is 0.194. The summed E-state index contributed by atoms with van der Waals surface area (Å²) in [5.74, 6) is 0.151. The minimum Gasteiger partial charge on any atom is -0.462 e.